The van der Waals surface area contributed by atoms with Crippen molar-refractivity contribution < 1.29 is 27.9 Å². The Morgan fingerprint density at radius 3 is 2.17 bits per heavy atom. The van der Waals surface area contributed by atoms with Gasteiger partial charge in [-0.3, -0.25) is 9.59 Å². The number of aliphatic carboxylic acids is 1. The lowest BCUT2D eigenvalue weighted by Gasteiger charge is -2.24. The summed E-state index contributed by atoms with van der Waals surface area (Å²) in [6.45, 7) is 0. The molecule has 0 bridgehead atoms. The fraction of sp³-hybridized carbons (Fsp3) is 0.556. The lowest BCUT2D eigenvalue weighted by Crippen LogP contribution is -2.22. The highest BCUT2D eigenvalue weighted by molar-refractivity contribution is 5.98. The third-order valence-electron chi connectivity index (χ3n) is 4.66. The third kappa shape index (κ3) is 5.08. The zero-order valence-electron chi connectivity index (χ0n) is 13.3. The molecule has 0 spiro atoms. The van der Waals surface area contributed by atoms with Gasteiger partial charge in [-0.05, 0) is 24.5 Å². The van der Waals surface area contributed by atoms with Crippen LogP contribution in [0.5, 0.6) is 0 Å². The second-order valence-corrected chi connectivity index (χ2v) is 6.48. The first-order chi connectivity index (χ1) is 11.3. The van der Waals surface area contributed by atoms with Crippen molar-refractivity contribution in [1.82, 2.24) is 0 Å². The van der Waals surface area contributed by atoms with Crippen LogP contribution in [-0.4, -0.2) is 16.9 Å². The average molecular weight is 342 g/mol. The highest BCUT2D eigenvalue weighted by atomic mass is 19.4. The summed E-state index contributed by atoms with van der Waals surface area (Å²) in [6.07, 6.45) is 1.15. The minimum atomic E-state index is -4.45. The second kappa shape index (κ2) is 7.81. The molecule has 1 unspecified atom stereocenters. The van der Waals surface area contributed by atoms with Crippen LogP contribution in [0.1, 0.15) is 60.9 Å². The standard InChI is InChI=1S/C18H21F3O3/c19-18(20,21)15-8-6-13(7-9-15)16(22)11-14(17(23)24)10-12-4-2-1-3-5-12/h6-9,12,14H,1-5,10-11H2,(H,23,24). The van der Waals surface area contributed by atoms with Crippen LogP contribution in [0.15, 0.2) is 24.3 Å². The topological polar surface area (TPSA) is 54.4 Å². The SMILES string of the molecule is O=C(CC(CC1CCCCC1)C(=O)O)c1ccc(C(F)(F)F)cc1. The van der Waals surface area contributed by atoms with Crippen LogP contribution in [0.2, 0.25) is 0 Å². The van der Waals surface area contributed by atoms with E-state index in [1.807, 2.05) is 0 Å². The first kappa shape index (κ1) is 18.5. The van der Waals surface area contributed by atoms with Gasteiger partial charge < -0.3 is 5.11 Å². The molecule has 0 amide bonds. The Hall–Kier alpha value is -1.85. The number of carbonyl (C=O) groups excluding carboxylic acids is 1. The van der Waals surface area contributed by atoms with Crippen molar-refractivity contribution in [3.05, 3.63) is 35.4 Å². The number of hydrogen-bond acceptors (Lipinski definition) is 2. The van der Waals surface area contributed by atoms with Gasteiger partial charge >= 0.3 is 12.1 Å². The van der Waals surface area contributed by atoms with Gasteiger partial charge in [0.15, 0.2) is 5.78 Å². The van der Waals surface area contributed by atoms with Gasteiger partial charge in [0.1, 0.15) is 0 Å². The summed E-state index contributed by atoms with van der Waals surface area (Å²) in [4.78, 5) is 23.6. The highest BCUT2D eigenvalue weighted by Crippen LogP contribution is 2.32. The summed E-state index contributed by atoms with van der Waals surface area (Å²) in [6, 6.07) is 3.93. The zero-order chi connectivity index (χ0) is 17.7. The molecule has 0 saturated heterocycles. The van der Waals surface area contributed by atoms with Gasteiger partial charge in [0.05, 0.1) is 11.5 Å². The molecule has 0 radical (unpaired) electrons. The Bertz CT molecular complexity index is 572. The lowest BCUT2D eigenvalue weighted by molar-refractivity contribution is -0.142. The van der Waals surface area contributed by atoms with Gasteiger partial charge in [-0.1, -0.05) is 44.2 Å². The lowest BCUT2D eigenvalue weighted by atomic mass is 9.81. The van der Waals surface area contributed by atoms with Crippen LogP contribution in [-0.2, 0) is 11.0 Å². The maximum Gasteiger partial charge on any atom is 0.416 e. The Balaban J connectivity index is 2.00. The molecule has 1 N–H and O–H groups in total. The van der Waals surface area contributed by atoms with Crippen molar-refractivity contribution in [3.8, 4) is 0 Å². The van der Waals surface area contributed by atoms with E-state index in [1.165, 1.54) is 6.42 Å². The number of hydrogen-bond donors (Lipinski definition) is 1. The molecule has 6 heteroatoms. The summed E-state index contributed by atoms with van der Waals surface area (Å²) in [7, 11) is 0. The first-order valence-corrected chi connectivity index (χ1v) is 8.20. The number of carboxylic acids is 1. The van der Waals surface area contributed by atoms with Gasteiger partial charge in [-0.25, -0.2) is 0 Å². The third-order valence-corrected chi connectivity index (χ3v) is 4.66. The van der Waals surface area contributed by atoms with E-state index in [0.717, 1.165) is 49.9 Å². The highest BCUT2D eigenvalue weighted by Gasteiger charge is 2.31. The van der Waals surface area contributed by atoms with Crippen molar-refractivity contribution in [1.29, 1.82) is 0 Å². The Kier molecular flexibility index (Phi) is 6.02. The first-order valence-electron chi connectivity index (χ1n) is 8.20. The quantitative estimate of drug-likeness (QED) is 0.744. The van der Waals surface area contributed by atoms with Gasteiger partial charge in [-0.15, -0.1) is 0 Å². The molecule has 1 fully saturated rings. The zero-order valence-corrected chi connectivity index (χ0v) is 13.3. The number of halogens is 3. The van der Waals surface area contributed by atoms with Crippen LogP contribution in [0.4, 0.5) is 13.2 Å². The molecule has 1 aromatic carbocycles. The van der Waals surface area contributed by atoms with E-state index in [0.29, 0.717) is 12.3 Å². The van der Waals surface area contributed by atoms with Crippen LogP contribution in [0.3, 0.4) is 0 Å². The molecule has 3 nitrogen and oxygen atoms in total. The molecule has 0 heterocycles. The predicted octanol–water partition coefficient (Wildman–Crippen LogP) is 4.95. The van der Waals surface area contributed by atoms with E-state index in [-0.39, 0.29) is 12.0 Å². The molecular weight excluding hydrogens is 321 g/mol. The van der Waals surface area contributed by atoms with Gasteiger partial charge in [0.25, 0.3) is 0 Å². The van der Waals surface area contributed by atoms with E-state index in [1.54, 1.807) is 0 Å². The minimum absolute atomic E-state index is 0.123. The van der Waals surface area contributed by atoms with E-state index < -0.39 is 29.4 Å². The molecule has 24 heavy (non-hydrogen) atoms. The average Bonchev–Trinajstić information content (AvgIpc) is 2.54. The summed E-state index contributed by atoms with van der Waals surface area (Å²) in [5, 5.41) is 9.35. The van der Waals surface area contributed by atoms with Crippen molar-refractivity contribution in [3.63, 3.8) is 0 Å². The largest absolute Gasteiger partial charge is 0.481 e. The van der Waals surface area contributed by atoms with Crippen LogP contribution in [0.25, 0.3) is 0 Å². The Labute approximate surface area is 138 Å². The smallest absolute Gasteiger partial charge is 0.416 e. The van der Waals surface area contributed by atoms with Gasteiger partial charge in [0, 0.05) is 12.0 Å². The second-order valence-electron chi connectivity index (χ2n) is 6.48. The van der Waals surface area contributed by atoms with Crippen molar-refractivity contribution >= 4 is 11.8 Å². The molecule has 0 aromatic heterocycles. The van der Waals surface area contributed by atoms with Crippen LogP contribution < -0.4 is 0 Å². The van der Waals surface area contributed by atoms with Crippen LogP contribution >= 0.6 is 0 Å². The van der Waals surface area contributed by atoms with Crippen LogP contribution in [0, 0.1) is 11.8 Å². The van der Waals surface area contributed by atoms with Gasteiger partial charge in [-0.2, -0.15) is 13.2 Å². The maximum absolute atomic E-state index is 12.5. The summed E-state index contributed by atoms with van der Waals surface area (Å²) in [5.74, 6) is -1.89. The van der Waals surface area contributed by atoms with Gasteiger partial charge in [0.2, 0.25) is 0 Å². The molecule has 1 aliphatic carbocycles. The van der Waals surface area contributed by atoms with Crippen molar-refractivity contribution in [2.45, 2.75) is 51.1 Å². The predicted molar refractivity (Wildman–Crippen MR) is 82.7 cm³/mol. The van der Waals surface area contributed by atoms with E-state index >= 15 is 0 Å². The molecule has 1 saturated carbocycles. The van der Waals surface area contributed by atoms with E-state index in [2.05, 4.69) is 0 Å². The summed E-state index contributed by atoms with van der Waals surface area (Å²) in [5.41, 5.74) is -0.700. The maximum atomic E-state index is 12.5. The molecule has 2 rings (SSSR count). The molecule has 0 aliphatic heterocycles. The number of carboxylic acid groups (broad SMARTS) is 1. The fourth-order valence-electron chi connectivity index (χ4n) is 3.28. The number of rotatable bonds is 6. The molecule has 1 atom stereocenters. The molecule has 1 aromatic rings. The van der Waals surface area contributed by atoms with E-state index in [9.17, 15) is 27.9 Å². The summed E-state index contributed by atoms with van der Waals surface area (Å²) >= 11 is 0. The number of alkyl halides is 3. The minimum Gasteiger partial charge on any atom is -0.481 e. The molecule has 1 aliphatic rings. The normalized spacial score (nSPS) is 17.5. The number of ketones is 1. The Morgan fingerprint density at radius 1 is 1.08 bits per heavy atom. The van der Waals surface area contributed by atoms with Crippen molar-refractivity contribution in [2.24, 2.45) is 11.8 Å². The van der Waals surface area contributed by atoms with E-state index in [4.69, 9.17) is 0 Å². The number of Topliss-reactive ketones (excluding diaryl/α,β-unsaturated/α-hetero) is 1. The fourth-order valence-corrected chi connectivity index (χ4v) is 3.28. The molecular formula is C18H21F3O3. The van der Waals surface area contributed by atoms with Crippen molar-refractivity contribution in [2.75, 3.05) is 0 Å². The number of benzene rings is 1. The monoisotopic (exact) mass is 342 g/mol. The summed E-state index contributed by atoms with van der Waals surface area (Å²) < 4.78 is 37.6. The molecule has 132 valence electrons. The number of carbonyl (C=O) groups is 2. The Morgan fingerprint density at radius 2 is 1.67 bits per heavy atom.